The second-order valence-electron chi connectivity index (χ2n) is 1.28. The summed E-state index contributed by atoms with van der Waals surface area (Å²) in [5, 5.41) is 0. The van der Waals surface area contributed by atoms with Crippen LogP contribution in [0.1, 0.15) is 12.8 Å². The lowest BCUT2D eigenvalue weighted by Gasteiger charge is -1.87. The van der Waals surface area contributed by atoms with E-state index < -0.39 is 0 Å². The molecule has 0 aromatic rings. The number of hydrogen-bond donors (Lipinski definition) is 2. The largest absolute Gasteiger partial charge is 0.330 e. The van der Waals surface area contributed by atoms with Crippen molar-refractivity contribution in [3.8, 4) is 0 Å². The van der Waals surface area contributed by atoms with E-state index in [0.717, 1.165) is 25.9 Å². The molecule has 2 nitrogen and oxygen atoms in total. The smallest absolute Gasteiger partial charge is 0.00768 e. The van der Waals surface area contributed by atoms with Crippen molar-refractivity contribution in [2.24, 2.45) is 11.5 Å². The summed E-state index contributed by atoms with van der Waals surface area (Å²) in [6.07, 6.45) is 2.13. The number of unbranched alkanes of at least 4 members (excludes halogenated alkanes) is 1. The maximum atomic E-state index is 5.16. The van der Waals surface area contributed by atoms with Gasteiger partial charge in [0.2, 0.25) is 0 Å². The Kier molecular flexibility index (Phi) is 13.8. The molecule has 0 spiro atoms. The van der Waals surface area contributed by atoms with E-state index in [4.69, 9.17) is 11.5 Å². The molecule has 0 atom stereocenters. The summed E-state index contributed by atoms with van der Waals surface area (Å²) in [7, 11) is 0. The molecule has 0 heterocycles. The number of nitrogens with two attached hydrogens (primary N) is 2. The summed E-state index contributed by atoms with van der Waals surface area (Å²) in [4.78, 5) is 0. The molecule has 0 unspecified atom stereocenters. The maximum absolute atomic E-state index is 5.16. The van der Waals surface area contributed by atoms with Gasteiger partial charge in [0.25, 0.3) is 0 Å². The zero-order valence-corrected chi connectivity index (χ0v) is 3.98. The Labute approximate surface area is 49.3 Å². The van der Waals surface area contributed by atoms with Gasteiger partial charge in [-0.15, -0.1) is 0 Å². The lowest BCUT2D eigenvalue weighted by atomic mass is 10.3. The van der Waals surface area contributed by atoms with Crippen molar-refractivity contribution in [1.29, 1.82) is 0 Å². The van der Waals surface area contributed by atoms with Gasteiger partial charge in [-0.3, -0.25) is 0 Å². The number of hydrogen-bond acceptors (Lipinski definition) is 2. The molecule has 0 saturated heterocycles. The molecule has 0 rings (SSSR count). The molecule has 46 valence electrons. The highest BCUT2D eigenvalue weighted by Crippen LogP contribution is 1.77. The van der Waals surface area contributed by atoms with Gasteiger partial charge >= 0.3 is 0 Å². The van der Waals surface area contributed by atoms with E-state index >= 15 is 0 Å². The van der Waals surface area contributed by atoms with Crippen LogP contribution in [-0.4, -0.2) is 24.1 Å². The van der Waals surface area contributed by atoms with E-state index in [2.05, 4.69) is 0 Å². The molecule has 4 N–H and O–H groups in total. The zero-order chi connectivity index (χ0) is 4.83. The van der Waals surface area contributed by atoms with Gasteiger partial charge in [-0.25, -0.2) is 0 Å². The Hall–Kier alpha value is 0.137. The second-order valence-corrected chi connectivity index (χ2v) is 1.28. The molecule has 7 heavy (non-hydrogen) atoms. The van der Waals surface area contributed by atoms with Crippen LogP contribution < -0.4 is 11.5 Å². The molecule has 3 heteroatoms. The van der Waals surface area contributed by atoms with Crippen molar-refractivity contribution in [3.05, 3.63) is 0 Å². The Morgan fingerprint density at radius 2 is 1.14 bits per heavy atom. The summed E-state index contributed by atoms with van der Waals surface area (Å²) >= 11 is 0. The second kappa shape index (κ2) is 9.46. The van der Waals surface area contributed by atoms with Crippen LogP contribution in [0.2, 0.25) is 0 Å². The van der Waals surface area contributed by atoms with Gasteiger partial charge < -0.3 is 11.5 Å². The molecule has 0 fully saturated rings. The fourth-order valence-corrected chi connectivity index (χ4v) is 0.289. The molecular weight excluding hydrogens is 104 g/mol. The first-order valence-electron chi connectivity index (χ1n) is 2.32. The summed E-state index contributed by atoms with van der Waals surface area (Å²) in [6, 6.07) is 0. The van der Waals surface area contributed by atoms with Crippen LogP contribution in [0.5, 0.6) is 0 Å². The van der Waals surface area contributed by atoms with Crippen LogP contribution in [0.4, 0.5) is 0 Å². The third kappa shape index (κ3) is 10.7. The SMILES string of the molecule is NCCCCN.[SiH4]. The van der Waals surface area contributed by atoms with E-state index in [1.807, 2.05) is 0 Å². The molecule has 0 amide bonds. The number of rotatable bonds is 3. The highest BCUT2D eigenvalue weighted by atomic mass is 28.1. The summed E-state index contributed by atoms with van der Waals surface area (Å²) in [5.74, 6) is 0. The van der Waals surface area contributed by atoms with Gasteiger partial charge in [0.1, 0.15) is 0 Å². The Morgan fingerprint density at radius 1 is 0.857 bits per heavy atom. The van der Waals surface area contributed by atoms with E-state index in [1.165, 1.54) is 0 Å². The summed E-state index contributed by atoms with van der Waals surface area (Å²) in [5.41, 5.74) is 10.3. The van der Waals surface area contributed by atoms with Crippen molar-refractivity contribution in [2.45, 2.75) is 12.8 Å². The van der Waals surface area contributed by atoms with E-state index in [1.54, 1.807) is 0 Å². The Morgan fingerprint density at radius 3 is 1.29 bits per heavy atom. The fraction of sp³-hybridized carbons (Fsp3) is 1.00. The van der Waals surface area contributed by atoms with Crippen molar-refractivity contribution in [2.75, 3.05) is 13.1 Å². The van der Waals surface area contributed by atoms with Crippen LogP contribution in [0.3, 0.4) is 0 Å². The average molecular weight is 120 g/mol. The lowest BCUT2D eigenvalue weighted by Crippen LogP contribution is -2.03. The zero-order valence-electron chi connectivity index (χ0n) is 3.98. The average Bonchev–Trinajstić information content (AvgIpc) is 1.61. The molecule has 0 saturated carbocycles. The minimum Gasteiger partial charge on any atom is -0.330 e. The highest BCUT2D eigenvalue weighted by Gasteiger charge is 1.75. The molecule has 0 aliphatic carbocycles. The van der Waals surface area contributed by atoms with Crippen LogP contribution in [0, 0.1) is 0 Å². The monoisotopic (exact) mass is 120 g/mol. The van der Waals surface area contributed by atoms with Gasteiger partial charge in [0.15, 0.2) is 0 Å². The third-order valence-electron chi connectivity index (χ3n) is 0.658. The molecule has 0 aromatic carbocycles. The van der Waals surface area contributed by atoms with Crippen molar-refractivity contribution < 1.29 is 0 Å². The van der Waals surface area contributed by atoms with Crippen LogP contribution in [-0.2, 0) is 0 Å². The highest BCUT2D eigenvalue weighted by molar-refractivity contribution is 5.75. The first-order chi connectivity index (χ1) is 2.91. The predicted molar refractivity (Wildman–Crippen MR) is 38.7 cm³/mol. The third-order valence-corrected chi connectivity index (χ3v) is 0.658. The van der Waals surface area contributed by atoms with Gasteiger partial charge in [-0.2, -0.15) is 0 Å². The molecule has 0 radical (unpaired) electrons. The maximum Gasteiger partial charge on any atom is -0.00768 e. The van der Waals surface area contributed by atoms with Gasteiger partial charge in [-0.1, -0.05) is 0 Å². The first-order valence-corrected chi connectivity index (χ1v) is 2.32. The molecule has 0 bridgehead atoms. The van der Waals surface area contributed by atoms with E-state index in [0.29, 0.717) is 0 Å². The van der Waals surface area contributed by atoms with Crippen LogP contribution in [0.15, 0.2) is 0 Å². The first kappa shape index (κ1) is 10.2. The summed E-state index contributed by atoms with van der Waals surface area (Å²) < 4.78 is 0. The summed E-state index contributed by atoms with van der Waals surface area (Å²) in [6.45, 7) is 1.55. The van der Waals surface area contributed by atoms with Crippen molar-refractivity contribution in [1.82, 2.24) is 0 Å². The molecular formula is C4H16N2Si. The van der Waals surface area contributed by atoms with Crippen molar-refractivity contribution >= 4 is 11.0 Å². The minimum atomic E-state index is 0. The fourth-order valence-electron chi connectivity index (χ4n) is 0.289. The molecule has 0 aromatic heterocycles. The van der Waals surface area contributed by atoms with Gasteiger partial charge in [0, 0.05) is 0 Å². The van der Waals surface area contributed by atoms with E-state index in [-0.39, 0.29) is 11.0 Å². The topological polar surface area (TPSA) is 52.0 Å². The minimum absolute atomic E-state index is 0. The Bertz CT molecular complexity index is 21.7. The van der Waals surface area contributed by atoms with Crippen LogP contribution >= 0.6 is 0 Å². The normalized spacial score (nSPS) is 7.71. The quantitative estimate of drug-likeness (QED) is 0.342. The van der Waals surface area contributed by atoms with Crippen LogP contribution in [0.25, 0.3) is 0 Å². The van der Waals surface area contributed by atoms with E-state index in [9.17, 15) is 0 Å². The molecule has 0 aliphatic rings. The standard InChI is InChI=1S/C4H12N2.H4Si/c5-3-1-2-4-6;/h1-6H2;1H4. The van der Waals surface area contributed by atoms with Crippen molar-refractivity contribution in [3.63, 3.8) is 0 Å². The Balaban J connectivity index is 0. The van der Waals surface area contributed by atoms with Gasteiger partial charge in [-0.05, 0) is 36.9 Å². The van der Waals surface area contributed by atoms with Gasteiger partial charge in [0.05, 0.1) is 0 Å². The lowest BCUT2D eigenvalue weighted by molar-refractivity contribution is 0.755. The molecule has 0 aliphatic heterocycles. The predicted octanol–water partition coefficient (Wildman–Crippen LogP) is -1.77.